The first kappa shape index (κ1) is 14.6. The summed E-state index contributed by atoms with van der Waals surface area (Å²) < 4.78 is 1.32. The molecule has 0 bridgehead atoms. The molecule has 2 aromatic rings. The summed E-state index contributed by atoms with van der Waals surface area (Å²) in [4.78, 5) is 22.0. The molecule has 0 saturated heterocycles. The van der Waals surface area contributed by atoms with Crippen LogP contribution in [0.3, 0.4) is 0 Å². The van der Waals surface area contributed by atoms with E-state index in [0.717, 1.165) is 0 Å². The van der Waals surface area contributed by atoms with Crippen LogP contribution in [0.25, 0.3) is 5.69 Å². The second kappa shape index (κ2) is 6.57. The lowest BCUT2D eigenvalue weighted by molar-refractivity contribution is -0.384. The minimum absolute atomic E-state index is 0.0528. The molecule has 1 aromatic heterocycles. The number of hydrogen-bond donors (Lipinski definition) is 2. The van der Waals surface area contributed by atoms with E-state index in [9.17, 15) is 14.9 Å². The van der Waals surface area contributed by atoms with E-state index in [1.165, 1.54) is 23.0 Å². The van der Waals surface area contributed by atoms with Gasteiger partial charge in [0, 0.05) is 25.2 Å². The number of rotatable bonds is 6. The zero-order chi connectivity index (χ0) is 15.2. The maximum absolute atomic E-state index is 11.8. The minimum atomic E-state index is -0.494. The quantitative estimate of drug-likeness (QED) is 0.444. The number of aromatic nitrogens is 3. The van der Waals surface area contributed by atoms with Crippen LogP contribution in [0.15, 0.2) is 30.5 Å². The highest BCUT2D eigenvalue weighted by Crippen LogP contribution is 2.15. The Labute approximate surface area is 120 Å². The normalized spacial score (nSPS) is 10.3. The molecule has 0 aliphatic rings. The predicted octanol–water partition coefficient (Wildman–Crippen LogP) is 0.125. The van der Waals surface area contributed by atoms with E-state index in [0.29, 0.717) is 18.8 Å². The third-order valence-electron chi connectivity index (χ3n) is 2.69. The van der Waals surface area contributed by atoms with Crippen molar-refractivity contribution in [2.45, 2.75) is 0 Å². The molecule has 0 spiro atoms. The lowest BCUT2D eigenvalue weighted by Crippen LogP contribution is -2.30. The van der Waals surface area contributed by atoms with Crippen LogP contribution in [0.4, 0.5) is 5.69 Å². The first-order valence-corrected chi connectivity index (χ1v) is 6.22. The highest BCUT2D eigenvalue weighted by Gasteiger charge is 2.12. The van der Waals surface area contributed by atoms with Gasteiger partial charge in [-0.25, -0.2) is 4.68 Å². The van der Waals surface area contributed by atoms with Gasteiger partial charge >= 0.3 is 0 Å². The Hall–Kier alpha value is -2.81. The summed E-state index contributed by atoms with van der Waals surface area (Å²) in [6.45, 7) is 1.11. The molecule has 0 unspecified atom stereocenters. The Morgan fingerprint density at radius 1 is 1.43 bits per heavy atom. The van der Waals surface area contributed by atoms with Crippen molar-refractivity contribution in [1.82, 2.24) is 25.6 Å². The average Bonchev–Trinajstić information content (AvgIpc) is 2.97. The highest BCUT2D eigenvalue weighted by atomic mass is 16.6. The van der Waals surface area contributed by atoms with Gasteiger partial charge in [-0.1, -0.05) is 11.3 Å². The van der Waals surface area contributed by atoms with Gasteiger partial charge in [-0.3, -0.25) is 14.9 Å². The van der Waals surface area contributed by atoms with Crippen LogP contribution >= 0.6 is 0 Å². The van der Waals surface area contributed by atoms with Crippen LogP contribution in [0.1, 0.15) is 10.5 Å². The number of nitro groups is 1. The predicted molar refractivity (Wildman–Crippen MR) is 74.3 cm³/mol. The molecular weight excluding hydrogens is 276 g/mol. The number of likely N-dealkylation sites (N-methyl/N-ethyl adjacent to an activating group) is 1. The third-order valence-corrected chi connectivity index (χ3v) is 2.69. The van der Waals surface area contributed by atoms with E-state index in [1.54, 1.807) is 19.2 Å². The SMILES string of the molecule is CNCCNC(=O)c1cn(-c2cccc([N+](=O)[O-])c2)nn1. The fourth-order valence-electron chi connectivity index (χ4n) is 1.63. The summed E-state index contributed by atoms with van der Waals surface area (Å²) >= 11 is 0. The van der Waals surface area contributed by atoms with Crippen molar-refractivity contribution < 1.29 is 9.72 Å². The standard InChI is InChI=1S/C12H14N6O3/c1-13-5-6-14-12(19)11-8-17(16-15-11)9-3-2-4-10(7-9)18(20)21/h2-4,7-8,13H,5-6H2,1H3,(H,14,19). The first-order valence-electron chi connectivity index (χ1n) is 6.22. The van der Waals surface area contributed by atoms with Crippen molar-refractivity contribution in [2.24, 2.45) is 0 Å². The lowest BCUT2D eigenvalue weighted by atomic mass is 10.3. The molecule has 110 valence electrons. The maximum atomic E-state index is 11.8. The van der Waals surface area contributed by atoms with Crippen molar-refractivity contribution in [3.63, 3.8) is 0 Å². The lowest BCUT2D eigenvalue weighted by Gasteiger charge is -2.01. The number of amides is 1. The number of nitrogens with one attached hydrogen (secondary N) is 2. The molecule has 0 radical (unpaired) electrons. The zero-order valence-electron chi connectivity index (χ0n) is 11.3. The van der Waals surface area contributed by atoms with Crippen LogP contribution < -0.4 is 10.6 Å². The Bertz CT molecular complexity index is 654. The van der Waals surface area contributed by atoms with E-state index in [1.807, 2.05) is 0 Å². The number of carbonyl (C=O) groups is 1. The number of benzene rings is 1. The average molecular weight is 290 g/mol. The summed E-state index contributed by atoms with van der Waals surface area (Å²) in [5.41, 5.74) is 0.562. The van der Waals surface area contributed by atoms with Crippen molar-refractivity contribution in [2.75, 3.05) is 20.1 Å². The number of non-ortho nitro benzene ring substituents is 1. The van der Waals surface area contributed by atoms with E-state index >= 15 is 0 Å². The van der Waals surface area contributed by atoms with Gasteiger partial charge in [0.2, 0.25) is 0 Å². The van der Waals surface area contributed by atoms with Gasteiger partial charge in [-0.15, -0.1) is 5.10 Å². The van der Waals surface area contributed by atoms with Gasteiger partial charge in [0.25, 0.3) is 11.6 Å². The Kier molecular flexibility index (Phi) is 4.57. The number of carbonyl (C=O) groups excluding carboxylic acids is 1. The molecule has 0 atom stereocenters. The van der Waals surface area contributed by atoms with Crippen molar-refractivity contribution in [3.05, 3.63) is 46.3 Å². The summed E-state index contributed by atoms with van der Waals surface area (Å²) in [6.07, 6.45) is 1.42. The van der Waals surface area contributed by atoms with Crippen LogP contribution in [0, 0.1) is 10.1 Å². The van der Waals surface area contributed by atoms with Crippen LogP contribution in [0.5, 0.6) is 0 Å². The monoisotopic (exact) mass is 290 g/mol. The number of nitro benzene ring substituents is 1. The van der Waals surface area contributed by atoms with Crippen LogP contribution in [-0.4, -0.2) is 46.0 Å². The molecule has 0 aliphatic heterocycles. The second-order valence-electron chi connectivity index (χ2n) is 4.18. The van der Waals surface area contributed by atoms with Gasteiger partial charge in [-0.2, -0.15) is 0 Å². The molecule has 2 N–H and O–H groups in total. The molecule has 9 heteroatoms. The van der Waals surface area contributed by atoms with E-state index in [2.05, 4.69) is 20.9 Å². The summed E-state index contributed by atoms with van der Waals surface area (Å²) in [5, 5.41) is 23.9. The van der Waals surface area contributed by atoms with E-state index < -0.39 is 4.92 Å². The molecule has 9 nitrogen and oxygen atoms in total. The summed E-state index contributed by atoms with van der Waals surface area (Å²) in [5.74, 6) is -0.345. The summed E-state index contributed by atoms with van der Waals surface area (Å²) in [7, 11) is 1.78. The van der Waals surface area contributed by atoms with Gasteiger partial charge in [0.1, 0.15) is 0 Å². The molecule has 0 aliphatic carbocycles. The van der Waals surface area contributed by atoms with Crippen molar-refractivity contribution >= 4 is 11.6 Å². The Morgan fingerprint density at radius 2 is 2.24 bits per heavy atom. The fraction of sp³-hybridized carbons (Fsp3) is 0.250. The third kappa shape index (κ3) is 3.60. The van der Waals surface area contributed by atoms with Crippen LogP contribution in [-0.2, 0) is 0 Å². The molecule has 21 heavy (non-hydrogen) atoms. The molecule has 1 amide bonds. The maximum Gasteiger partial charge on any atom is 0.273 e. The summed E-state index contributed by atoms with van der Waals surface area (Å²) in [6, 6.07) is 5.93. The first-order chi connectivity index (χ1) is 10.1. The number of nitrogens with zero attached hydrogens (tertiary/aromatic N) is 4. The van der Waals surface area contributed by atoms with Gasteiger partial charge in [0.05, 0.1) is 16.8 Å². The molecule has 1 aromatic carbocycles. The van der Waals surface area contributed by atoms with E-state index in [-0.39, 0.29) is 17.3 Å². The molecule has 2 rings (SSSR count). The smallest absolute Gasteiger partial charge is 0.273 e. The molecule has 0 fully saturated rings. The van der Waals surface area contributed by atoms with E-state index in [4.69, 9.17) is 0 Å². The van der Waals surface area contributed by atoms with Crippen LogP contribution in [0.2, 0.25) is 0 Å². The fourth-order valence-corrected chi connectivity index (χ4v) is 1.63. The second-order valence-corrected chi connectivity index (χ2v) is 4.18. The van der Waals surface area contributed by atoms with Gasteiger partial charge < -0.3 is 10.6 Å². The number of hydrogen-bond acceptors (Lipinski definition) is 6. The topological polar surface area (TPSA) is 115 Å². The minimum Gasteiger partial charge on any atom is -0.349 e. The van der Waals surface area contributed by atoms with Gasteiger partial charge in [-0.05, 0) is 13.1 Å². The Morgan fingerprint density at radius 3 is 2.95 bits per heavy atom. The van der Waals surface area contributed by atoms with Crippen molar-refractivity contribution in [1.29, 1.82) is 0 Å². The molecule has 1 heterocycles. The highest BCUT2D eigenvalue weighted by molar-refractivity contribution is 5.91. The largest absolute Gasteiger partial charge is 0.349 e. The zero-order valence-corrected chi connectivity index (χ0v) is 11.3. The van der Waals surface area contributed by atoms with Crippen molar-refractivity contribution in [3.8, 4) is 5.69 Å². The Balaban J connectivity index is 2.14. The molecule has 0 saturated carbocycles. The van der Waals surface area contributed by atoms with Gasteiger partial charge in [0.15, 0.2) is 5.69 Å². The molecular formula is C12H14N6O3.